The van der Waals surface area contributed by atoms with Crippen molar-refractivity contribution in [3.8, 4) is 0 Å². The SMILES string of the molecule is CC(CCC(=O)N1CCC2(CC1)COC2)[C@H]1CC[C@H]2[C@@H]3CC=C4C[C@@H](O)CC[C@]4(C)[C@H]3CC[C@]12C. The van der Waals surface area contributed by atoms with Gasteiger partial charge in [-0.15, -0.1) is 0 Å². The van der Waals surface area contributed by atoms with Crippen molar-refractivity contribution in [2.45, 2.75) is 104 Å². The van der Waals surface area contributed by atoms with Crippen molar-refractivity contribution in [3.05, 3.63) is 11.6 Å². The largest absolute Gasteiger partial charge is 0.393 e. The maximum atomic E-state index is 13.0. The van der Waals surface area contributed by atoms with Gasteiger partial charge in [-0.05, 0) is 111 Å². The number of ether oxygens (including phenoxy) is 1. The van der Waals surface area contributed by atoms with E-state index in [2.05, 4.69) is 31.7 Å². The summed E-state index contributed by atoms with van der Waals surface area (Å²) < 4.78 is 5.45. The molecule has 196 valence electrons. The molecule has 4 aliphatic carbocycles. The molecule has 2 saturated heterocycles. The molecule has 3 saturated carbocycles. The van der Waals surface area contributed by atoms with E-state index in [1.165, 1.54) is 38.5 Å². The van der Waals surface area contributed by atoms with Gasteiger partial charge in [-0.1, -0.05) is 32.4 Å². The third-order valence-electron chi connectivity index (χ3n) is 12.6. The molecule has 5 fully saturated rings. The van der Waals surface area contributed by atoms with Gasteiger partial charge in [0.25, 0.3) is 0 Å². The second kappa shape index (κ2) is 8.86. The Kier molecular flexibility index (Phi) is 6.19. The van der Waals surface area contributed by atoms with E-state index >= 15 is 0 Å². The van der Waals surface area contributed by atoms with Crippen LogP contribution in [0.15, 0.2) is 11.6 Å². The lowest BCUT2D eigenvalue weighted by Crippen LogP contribution is -2.52. The Bertz CT molecular complexity index is 853. The Morgan fingerprint density at radius 2 is 1.86 bits per heavy atom. The van der Waals surface area contributed by atoms with Gasteiger partial charge in [-0.2, -0.15) is 0 Å². The predicted octanol–water partition coefficient (Wildman–Crippen LogP) is 5.98. The van der Waals surface area contributed by atoms with Crippen molar-refractivity contribution in [1.82, 2.24) is 4.90 Å². The van der Waals surface area contributed by atoms with Crippen LogP contribution in [0.2, 0.25) is 0 Å². The number of carbonyl (C=O) groups is 1. The zero-order valence-corrected chi connectivity index (χ0v) is 22.6. The molecule has 0 aromatic rings. The molecule has 6 rings (SSSR count). The van der Waals surface area contributed by atoms with Crippen LogP contribution < -0.4 is 0 Å². The van der Waals surface area contributed by atoms with Gasteiger partial charge in [0, 0.05) is 24.9 Å². The van der Waals surface area contributed by atoms with E-state index in [-0.39, 0.29) is 6.10 Å². The summed E-state index contributed by atoms with van der Waals surface area (Å²) >= 11 is 0. The van der Waals surface area contributed by atoms with Crippen LogP contribution in [0.25, 0.3) is 0 Å². The minimum Gasteiger partial charge on any atom is -0.393 e. The first-order valence-electron chi connectivity index (χ1n) is 15.0. The molecule has 1 N–H and O–H groups in total. The highest BCUT2D eigenvalue weighted by atomic mass is 16.5. The Morgan fingerprint density at radius 3 is 2.57 bits per heavy atom. The Balaban J connectivity index is 1.07. The molecular formula is C31H49NO3. The first-order chi connectivity index (χ1) is 16.7. The quantitative estimate of drug-likeness (QED) is 0.500. The molecule has 4 nitrogen and oxygen atoms in total. The number of allylic oxidation sites excluding steroid dienone is 1. The molecule has 1 unspecified atom stereocenters. The number of aliphatic hydroxyl groups is 1. The molecule has 35 heavy (non-hydrogen) atoms. The summed E-state index contributed by atoms with van der Waals surface area (Å²) in [5, 5.41) is 10.3. The second-order valence-electron chi connectivity index (χ2n) is 14.3. The van der Waals surface area contributed by atoms with Crippen LogP contribution in [-0.4, -0.2) is 48.3 Å². The fourth-order valence-corrected chi connectivity index (χ4v) is 10.2. The zero-order valence-electron chi connectivity index (χ0n) is 22.6. The molecule has 4 heteroatoms. The zero-order chi connectivity index (χ0) is 24.4. The van der Waals surface area contributed by atoms with E-state index in [0.29, 0.717) is 28.1 Å². The Labute approximate surface area is 213 Å². The average molecular weight is 484 g/mol. The number of carbonyl (C=O) groups excluding carboxylic acids is 1. The molecule has 0 aromatic heterocycles. The molecule has 1 spiro atoms. The summed E-state index contributed by atoms with van der Waals surface area (Å²) in [6, 6.07) is 0. The third kappa shape index (κ3) is 3.95. The lowest BCUT2D eigenvalue weighted by Gasteiger charge is -2.58. The maximum Gasteiger partial charge on any atom is 0.222 e. The van der Waals surface area contributed by atoms with Gasteiger partial charge < -0.3 is 14.7 Å². The number of likely N-dealkylation sites (tertiary alicyclic amines) is 1. The number of hydrogen-bond donors (Lipinski definition) is 1. The van der Waals surface area contributed by atoms with Crippen LogP contribution in [-0.2, 0) is 9.53 Å². The van der Waals surface area contributed by atoms with Crippen LogP contribution in [0.3, 0.4) is 0 Å². The van der Waals surface area contributed by atoms with Crippen molar-refractivity contribution in [3.63, 3.8) is 0 Å². The van der Waals surface area contributed by atoms with Gasteiger partial charge >= 0.3 is 0 Å². The van der Waals surface area contributed by atoms with Gasteiger partial charge in [-0.3, -0.25) is 4.79 Å². The van der Waals surface area contributed by atoms with Gasteiger partial charge in [0.1, 0.15) is 0 Å². The first-order valence-corrected chi connectivity index (χ1v) is 15.0. The van der Waals surface area contributed by atoms with Crippen molar-refractivity contribution in [1.29, 1.82) is 0 Å². The Morgan fingerprint density at radius 1 is 1.09 bits per heavy atom. The predicted molar refractivity (Wildman–Crippen MR) is 139 cm³/mol. The summed E-state index contributed by atoms with van der Waals surface area (Å²) in [4.78, 5) is 15.2. The molecule has 2 aliphatic heterocycles. The van der Waals surface area contributed by atoms with Crippen LogP contribution >= 0.6 is 0 Å². The van der Waals surface area contributed by atoms with E-state index in [1.807, 2.05) is 0 Å². The molecule has 6 aliphatic rings. The number of aliphatic hydroxyl groups excluding tert-OH is 1. The summed E-state index contributed by atoms with van der Waals surface area (Å²) in [7, 11) is 0. The smallest absolute Gasteiger partial charge is 0.222 e. The Hall–Kier alpha value is -0.870. The molecule has 2 heterocycles. The molecular weight excluding hydrogens is 434 g/mol. The third-order valence-corrected chi connectivity index (χ3v) is 12.6. The number of rotatable bonds is 4. The van der Waals surface area contributed by atoms with Gasteiger partial charge in [0.15, 0.2) is 0 Å². The maximum absolute atomic E-state index is 13.0. The highest BCUT2D eigenvalue weighted by Crippen LogP contribution is 2.67. The molecule has 0 aromatic carbocycles. The summed E-state index contributed by atoms with van der Waals surface area (Å²) in [6.07, 6.45) is 16.3. The second-order valence-corrected chi connectivity index (χ2v) is 14.3. The van der Waals surface area contributed by atoms with E-state index in [9.17, 15) is 9.90 Å². The fourth-order valence-electron chi connectivity index (χ4n) is 10.2. The molecule has 0 bridgehead atoms. The summed E-state index contributed by atoms with van der Waals surface area (Å²) in [6.45, 7) is 11.3. The van der Waals surface area contributed by atoms with E-state index in [4.69, 9.17) is 4.74 Å². The average Bonchev–Trinajstić information content (AvgIpc) is 3.19. The van der Waals surface area contributed by atoms with E-state index in [1.54, 1.807) is 5.57 Å². The summed E-state index contributed by atoms with van der Waals surface area (Å²) in [5.74, 6) is 4.28. The van der Waals surface area contributed by atoms with E-state index in [0.717, 1.165) is 88.5 Å². The monoisotopic (exact) mass is 483 g/mol. The normalized spacial score (nSPS) is 45.1. The first kappa shape index (κ1) is 24.5. The van der Waals surface area contributed by atoms with Crippen molar-refractivity contribution in [2.24, 2.45) is 45.8 Å². The van der Waals surface area contributed by atoms with Crippen LogP contribution in [0.5, 0.6) is 0 Å². The molecule has 8 atom stereocenters. The van der Waals surface area contributed by atoms with Crippen LogP contribution in [0.4, 0.5) is 0 Å². The number of hydrogen-bond acceptors (Lipinski definition) is 3. The van der Waals surface area contributed by atoms with Crippen molar-refractivity contribution >= 4 is 5.91 Å². The van der Waals surface area contributed by atoms with Gasteiger partial charge in [-0.25, -0.2) is 0 Å². The van der Waals surface area contributed by atoms with Crippen LogP contribution in [0.1, 0.15) is 97.8 Å². The van der Waals surface area contributed by atoms with E-state index < -0.39 is 0 Å². The number of piperidine rings is 1. The number of amides is 1. The topological polar surface area (TPSA) is 49.8 Å². The highest BCUT2D eigenvalue weighted by Gasteiger charge is 2.59. The summed E-state index contributed by atoms with van der Waals surface area (Å²) in [5.41, 5.74) is 2.76. The van der Waals surface area contributed by atoms with Crippen molar-refractivity contribution < 1.29 is 14.6 Å². The minimum absolute atomic E-state index is 0.113. The van der Waals surface area contributed by atoms with Crippen molar-refractivity contribution in [2.75, 3.05) is 26.3 Å². The number of fused-ring (bicyclic) bond motifs is 5. The minimum atomic E-state index is -0.113. The van der Waals surface area contributed by atoms with Gasteiger partial charge in [0.05, 0.1) is 19.3 Å². The molecule has 0 radical (unpaired) electrons. The molecule has 1 amide bonds. The number of nitrogens with zero attached hydrogens (tertiary/aromatic N) is 1. The fraction of sp³-hybridized carbons (Fsp3) is 0.903. The lowest BCUT2D eigenvalue weighted by atomic mass is 9.47. The highest BCUT2D eigenvalue weighted by molar-refractivity contribution is 5.76. The van der Waals surface area contributed by atoms with Crippen LogP contribution in [0, 0.1) is 45.8 Å². The van der Waals surface area contributed by atoms with Gasteiger partial charge in [0.2, 0.25) is 5.91 Å². The standard InChI is InChI=1S/C31H49NO3/c1-21(4-9-28(34)32-16-14-31(15-17-32)19-35-20-31)25-7-8-26-24-6-5-22-18-23(33)10-12-29(22,2)27(24)11-13-30(25,26)3/h5,21,23-27,33H,4,6-20H2,1-3H3/t21?,23-,24-,25+,26-,27-,29-,30+/m0/s1. The lowest BCUT2D eigenvalue weighted by molar-refractivity contribution is -0.153.